The molecule has 1 N–H and O–H groups in total. The number of aromatic nitrogens is 1. The summed E-state index contributed by atoms with van der Waals surface area (Å²) < 4.78 is 1.80. The molecule has 0 unspecified atom stereocenters. The van der Waals surface area contributed by atoms with Crippen molar-refractivity contribution in [2.75, 3.05) is 0 Å². The second-order valence-corrected chi connectivity index (χ2v) is 7.45. The molecule has 0 radical (unpaired) electrons. The fourth-order valence-corrected chi connectivity index (χ4v) is 3.75. The first-order chi connectivity index (χ1) is 13.3. The average Bonchev–Trinajstić information content (AvgIpc) is 2.64. The Morgan fingerprint density at radius 1 is 1.00 bits per heavy atom. The Morgan fingerprint density at radius 3 is 2.14 bits per heavy atom. The highest BCUT2D eigenvalue weighted by atomic mass is 35.5. The molecule has 144 valence electrons. The van der Waals surface area contributed by atoms with Gasteiger partial charge in [-0.1, -0.05) is 53.0 Å². The molecule has 0 saturated carbocycles. The molecular weight excluding hydrogens is 421 g/mol. The van der Waals surface area contributed by atoms with Crippen molar-refractivity contribution in [3.05, 3.63) is 79.0 Å². The van der Waals surface area contributed by atoms with Crippen molar-refractivity contribution >= 4 is 40.8 Å². The Balaban J connectivity index is 2.44. The second-order valence-electron chi connectivity index (χ2n) is 6.20. The summed E-state index contributed by atoms with van der Waals surface area (Å²) in [7, 11) is 0. The SMILES string of the molecule is CCn1c(C)c(-c2ccc(Cl)cc2)c(=O)c(C(=O)O)c1-c1ccc(Cl)c(Cl)c1. The molecule has 0 spiro atoms. The average molecular weight is 437 g/mol. The fourth-order valence-electron chi connectivity index (χ4n) is 3.33. The number of hydrogen-bond donors (Lipinski definition) is 1. The van der Waals surface area contributed by atoms with Crippen molar-refractivity contribution in [3.63, 3.8) is 0 Å². The second kappa shape index (κ2) is 8.00. The Bertz CT molecular complexity index is 1140. The Hall–Kier alpha value is -2.27. The first-order valence-corrected chi connectivity index (χ1v) is 9.61. The number of rotatable bonds is 4. The van der Waals surface area contributed by atoms with E-state index in [1.807, 2.05) is 6.92 Å². The molecule has 0 fully saturated rings. The molecule has 3 rings (SSSR count). The first-order valence-electron chi connectivity index (χ1n) is 8.48. The van der Waals surface area contributed by atoms with Gasteiger partial charge in [0.25, 0.3) is 0 Å². The Kier molecular flexibility index (Phi) is 5.84. The van der Waals surface area contributed by atoms with Crippen LogP contribution >= 0.6 is 34.8 Å². The number of carboxylic acid groups (broad SMARTS) is 1. The van der Waals surface area contributed by atoms with Crippen LogP contribution in [0.4, 0.5) is 0 Å². The molecule has 0 aliphatic carbocycles. The van der Waals surface area contributed by atoms with E-state index < -0.39 is 11.4 Å². The van der Waals surface area contributed by atoms with Crippen LogP contribution in [0.15, 0.2) is 47.3 Å². The third-order valence-electron chi connectivity index (χ3n) is 4.58. The van der Waals surface area contributed by atoms with Gasteiger partial charge in [-0.15, -0.1) is 0 Å². The Morgan fingerprint density at radius 2 is 1.61 bits per heavy atom. The summed E-state index contributed by atoms with van der Waals surface area (Å²) in [6.07, 6.45) is 0. The minimum atomic E-state index is -1.30. The molecule has 0 amide bonds. The number of hydrogen-bond acceptors (Lipinski definition) is 2. The molecule has 0 aliphatic heterocycles. The summed E-state index contributed by atoms with van der Waals surface area (Å²) >= 11 is 18.1. The van der Waals surface area contributed by atoms with Crippen LogP contribution in [-0.2, 0) is 6.54 Å². The number of benzene rings is 2. The van der Waals surface area contributed by atoms with E-state index in [0.29, 0.717) is 44.7 Å². The van der Waals surface area contributed by atoms with Crippen molar-refractivity contribution in [1.29, 1.82) is 0 Å². The quantitative estimate of drug-likeness (QED) is 0.532. The van der Waals surface area contributed by atoms with Gasteiger partial charge in [-0.3, -0.25) is 4.79 Å². The van der Waals surface area contributed by atoms with Crippen LogP contribution in [0.2, 0.25) is 15.1 Å². The lowest BCUT2D eigenvalue weighted by Crippen LogP contribution is -2.25. The number of aromatic carboxylic acids is 1. The minimum absolute atomic E-state index is 0.282. The van der Waals surface area contributed by atoms with Crippen molar-refractivity contribution in [2.45, 2.75) is 20.4 Å². The largest absolute Gasteiger partial charge is 0.477 e. The highest BCUT2D eigenvalue weighted by molar-refractivity contribution is 6.42. The molecule has 2 aromatic carbocycles. The van der Waals surface area contributed by atoms with Crippen LogP contribution in [-0.4, -0.2) is 15.6 Å². The van der Waals surface area contributed by atoms with Gasteiger partial charge in [-0.05, 0) is 43.7 Å². The molecule has 0 saturated heterocycles. The molecule has 7 heteroatoms. The van der Waals surface area contributed by atoms with Gasteiger partial charge in [0, 0.05) is 28.4 Å². The smallest absolute Gasteiger partial charge is 0.341 e. The number of halogens is 3. The lowest BCUT2D eigenvalue weighted by Gasteiger charge is -2.21. The van der Waals surface area contributed by atoms with Gasteiger partial charge in [0.2, 0.25) is 5.43 Å². The van der Waals surface area contributed by atoms with Crippen molar-refractivity contribution < 1.29 is 9.90 Å². The van der Waals surface area contributed by atoms with Crippen molar-refractivity contribution in [2.24, 2.45) is 0 Å². The molecule has 0 aliphatic rings. The summed E-state index contributed by atoms with van der Waals surface area (Å²) in [6, 6.07) is 11.5. The third-order valence-corrected chi connectivity index (χ3v) is 5.57. The maximum atomic E-state index is 13.2. The highest BCUT2D eigenvalue weighted by Gasteiger charge is 2.25. The summed E-state index contributed by atoms with van der Waals surface area (Å²) in [6.45, 7) is 4.14. The zero-order valence-corrected chi connectivity index (χ0v) is 17.4. The summed E-state index contributed by atoms with van der Waals surface area (Å²) in [4.78, 5) is 25.3. The lowest BCUT2D eigenvalue weighted by atomic mass is 9.96. The van der Waals surface area contributed by atoms with Crippen molar-refractivity contribution in [3.8, 4) is 22.4 Å². The lowest BCUT2D eigenvalue weighted by molar-refractivity contribution is 0.0695. The number of carbonyl (C=O) groups is 1. The summed E-state index contributed by atoms with van der Waals surface area (Å²) in [5.41, 5.74) is 1.54. The summed E-state index contributed by atoms with van der Waals surface area (Å²) in [5, 5.41) is 11.0. The molecule has 0 atom stereocenters. The zero-order chi connectivity index (χ0) is 20.6. The number of carboxylic acids is 1. The molecule has 3 aromatic rings. The van der Waals surface area contributed by atoms with E-state index in [0.717, 1.165) is 0 Å². The third kappa shape index (κ3) is 3.55. The topological polar surface area (TPSA) is 59.3 Å². The zero-order valence-electron chi connectivity index (χ0n) is 15.1. The Labute approximate surface area is 176 Å². The molecule has 1 heterocycles. The minimum Gasteiger partial charge on any atom is -0.477 e. The fraction of sp³-hybridized carbons (Fsp3) is 0.143. The van der Waals surface area contributed by atoms with E-state index >= 15 is 0 Å². The summed E-state index contributed by atoms with van der Waals surface area (Å²) in [5.74, 6) is -1.30. The van der Waals surface area contributed by atoms with Gasteiger partial charge in [0.15, 0.2) is 0 Å². The van der Waals surface area contributed by atoms with Crippen LogP contribution < -0.4 is 5.43 Å². The van der Waals surface area contributed by atoms with Crippen LogP contribution in [0.5, 0.6) is 0 Å². The normalized spacial score (nSPS) is 10.9. The van der Waals surface area contributed by atoms with Crippen LogP contribution in [0.3, 0.4) is 0 Å². The van der Waals surface area contributed by atoms with Crippen LogP contribution in [0, 0.1) is 6.92 Å². The van der Waals surface area contributed by atoms with E-state index in [-0.39, 0.29) is 10.6 Å². The van der Waals surface area contributed by atoms with Gasteiger partial charge < -0.3 is 9.67 Å². The van der Waals surface area contributed by atoms with Gasteiger partial charge in [0.05, 0.1) is 15.7 Å². The van der Waals surface area contributed by atoms with Gasteiger partial charge in [0.1, 0.15) is 5.56 Å². The molecule has 4 nitrogen and oxygen atoms in total. The van der Waals surface area contributed by atoms with E-state index in [2.05, 4.69) is 0 Å². The molecule has 0 bridgehead atoms. The number of nitrogens with zero attached hydrogens (tertiary/aromatic N) is 1. The molecule has 28 heavy (non-hydrogen) atoms. The molecule has 1 aromatic heterocycles. The van der Waals surface area contributed by atoms with Gasteiger partial charge >= 0.3 is 5.97 Å². The van der Waals surface area contributed by atoms with Gasteiger partial charge in [-0.25, -0.2) is 4.79 Å². The number of pyridine rings is 1. The van der Waals surface area contributed by atoms with Gasteiger partial charge in [-0.2, -0.15) is 0 Å². The van der Waals surface area contributed by atoms with Crippen molar-refractivity contribution in [1.82, 2.24) is 4.57 Å². The predicted molar refractivity (Wildman–Crippen MR) is 114 cm³/mol. The van der Waals surface area contributed by atoms with Crippen LogP contribution in [0.25, 0.3) is 22.4 Å². The van der Waals surface area contributed by atoms with E-state index in [9.17, 15) is 14.7 Å². The van der Waals surface area contributed by atoms with Crippen LogP contribution in [0.1, 0.15) is 23.0 Å². The van der Waals surface area contributed by atoms with E-state index in [1.165, 1.54) is 0 Å². The first kappa shape index (κ1) is 20.5. The van der Waals surface area contributed by atoms with E-state index in [4.69, 9.17) is 34.8 Å². The maximum Gasteiger partial charge on any atom is 0.341 e. The molecular formula is C21H16Cl3NO3. The van der Waals surface area contributed by atoms with E-state index in [1.54, 1.807) is 54.0 Å². The standard InChI is InChI=1S/C21H16Cl3NO3/c1-3-25-11(2)17(12-4-7-14(22)8-5-12)20(26)18(21(27)28)19(25)13-6-9-15(23)16(24)10-13/h4-10H,3H2,1-2H3,(H,27,28). The predicted octanol–water partition coefficient (Wildman–Crippen LogP) is 6.17. The highest BCUT2D eigenvalue weighted by Crippen LogP contribution is 2.33. The monoisotopic (exact) mass is 435 g/mol. The maximum absolute atomic E-state index is 13.2.